The van der Waals surface area contributed by atoms with Gasteiger partial charge in [-0.3, -0.25) is 4.31 Å². The minimum atomic E-state index is -4.85. The lowest BCUT2D eigenvalue weighted by Crippen LogP contribution is -2.42. The summed E-state index contributed by atoms with van der Waals surface area (Å²) in [7, 11) is -3.96. The Kier molecular flexibility index (Phi) is 8.20. The van der Waals surface area contributed by atoms with Crippen molar-refractivity contribution in [3.05, 3.63) is 59.7 Å². The van der Waals surface area contributed by atoms with Gasteiger partial charge in [0, 0.05) is 11.2 Å². The third kappa shape index (κ3) is 6.92. The molecule has 0 radical (unpaired) electrons. The number of fused-ring (bicyclic) bond motifs is 1. The van der Waals surface area contributed by atoms with E-state index in [2.05, 4.69) is 4.74 Å². The molecule has 1 aliphatic rings. The quantitative estimate of drug-likeness (QED) is 0.278. The second-order valence-electron chi connectivity index (χ2n) is 9.20. The molecule has 0 atom stereocenters. The topological polar surface area (TPSA) is 49.9 Å². The Morgan fingerprint density at radius 3 is 2.21 bits per heavy atom. The number of alkyl halides is 6. The number of aryl methyl sites for hydroxylation is 1. The molecule has 0 spiro atoms. The summed E-state index contributed by atoms with van der Waals surface area (Å²) in [5, 5.41) is 1.37. The zero-order valence-corrected chi connectivity index (χ0v) is 22.0. The highest BCUT2D eigenvalue weighted by atomic mass is 32.2. The molecule has 0 aliphatic carbocycles. The third-order valence-corrected chi connectivity index (χ3v) is 9.67. The normalized spacial score (nSPS) is 16.2. The number of thiophene rings is 1. The Hall–Kier alpha value is -2.51. The zero-order valence-electron chi connectivity index (χ0n) is 20.3. The molecule has 0 N–H and O–H groups in total. The molecule has 3 aromatic rings. The van der Waals surface area contributed by atoms with Gasteiger partial charge in [0.25, 0.3) is 0 Å². The van der Waals surface area contributed by atoms with Gasteiger partial charge in [-0.05, 0) is 67.6 Å². The number of rotatable bonds is 8. The van der Waals surface area contributed by atoms with Gasteiger partial charge in [-0.2, -0.15) is 13.2 Å². The molecule has 5 nitrogen and oxygen atoms in total. The maximum atomic E-state index is 13.6. The second-order valence-corrected chi connectivity index (χ2v) is 12.2. The standard InChI is InChI=1S/C25H26F6N2O3S2/c1-17-21-4-2-3-5-22(21)37-23(17)33(16-18-6-8-20(9-7-18)36-25(29,30)31)38(34,35)15-14-32-12-10-19(11-13-32)24(26,27)28/h2-9,19H,10-16H2,1H3. The molecule has 0 bridgehead atoms. The van der Waals surface area contributed by atoms with Crippen LogP contribution in [0.2, 0.25) is 0 Å². The molecule has 4 rings (SSSR count). The van der Waals surface area contributed by atoms with E-state index >= 15 is 0 Å². The molecule has 38 heavy (non-hydrogen) atoms. The van der Waals surface area contributed by atoms with Gasteiger partial charge in [0.2, 0.25) is 10.0 Å². The number of nitrogens with zero attached hydrogens (tertiary/aromatic N) is 2. The van der Waals surface area contributed by atoms with Gasteiger partial charge in [0.1, 0.15) is 10.8 Å². The molecule has 0 unspecified atom stereocenters. The minimum Gasteiger partial charge on any atom is -0.406 e. The van der Waals surface area contributed by atoms with Crippen LogP contribution >= 0.6 is 11.3 Å². The van der Waals surface area contributed by atoms with Gasteiger partial charge in [-0.25, -0.2) is 8.42 Å². The van der Waals surface area contributed by atoms with Crippen LogP contribution in [-0.2, 0) is 16.6 Å². The number of anilines is 1. The van der Waals surface area contributed by atoms with Gasteiger partial charge < -0.3 is 9.64 Å². The Morgan fingerprint density at radius 1 is 1.00 bits per heavy atom. The summed E-state index contributed by atoms with van der Waals surface area (Å²) >= 11 is 1.29. The van der Waals surface area contributed by atoms with E-state index in [1.807, 2.05) is 24.3 Å². The van der Waals surface area contributed by atoms with Crippen molar-refractivity contribution in [3.8, 4) is 5.75 Å². The van der Waals surface area contributed by atoms with Gasteiger partial charge in [-0.1, -0.05) is 30.3 Å². The fraction of sp³-hybridized carbons (Fsp3) is 0.440. The first-order valence-electron chi connectivity index (χ1n) is 11.9. The van der Waals surface area contributed by atoms with Crippen LogP contribution in [0.5, 0.6) is 5.75 Å². The molecule has 2 heterocycles. The van der Waals surface area contributed by atoms with Crippen molar-refractivity contribution in [2.75, 3.05) is 29.7 Å². The molecular formula is C25H26F6N2O3S2. The Morgan fingerprint density at radius 2 is 1.63 bits per heavy atom. The Bertz CT molecular complexity index is 1350. The smallest absolute Gasteiger partial charge is 0.406 e. The second kappa shape index (κ2) is 10.9. The molecule has 13 heteroatoms. The minimum absolute atomic E-state index is 0.0744. The molecule has 1 fully saturated rings. The predicted molar refractivity (Wildman–Crippen MR) is 135 cm³/mol. The SMILES string of the molecule is Cc1c(N(Cc2ccc(OC(F)(F)F)cc2)S(=O)(=O)CCN2CCC(C(F)(F)F)CC2)sc2ccccc12. The summed E-state index contributed by atoms with van der Waals surface area (Å²) in [6.45, 7) is 2.06. The van der Waals surface area contributed by atoms with Crippen LogP contribution in [0.1, 0.15) is 24.0 Å². The van der Waals surface area contributed by atoms with Crippen molar-refractivity contribution in [1.82, 2.24) is 4.90 Å². The van der Waals surface area contributed by atoms with Crippen molar-refractivity contribution in [2.24, 2.45) is 5.92 Å². The number of benzene rings is 2. The summed E-state index contributed by atoms with van der Waals surface area (Å²) in [4.78, 5) is 1.72. The summed E-state index contributed by atoms with van der Waals surface area (Å²) < 4.78 is 110. The Labute approximate surface area is 220 Å². The van der Waals surface area contributed by atoms with Crippen LogP contribution in [0.15, 0.2) is 48.5 Å². The third-order valence-electron chi connectivity index (χ3n) is 6.58. The van der Waals surface area contributed by atoms with Crippen LogP contribution in [-0.4, -0.2) is 51.2 Å². The molecule has 0 saturated carbocycles. The van der Waals surface area contributed by atoms with Gasteiger partial charge in [0.05, 0.1) is 18.2 Å². The van der Waals surface area contributed by atoms with Crippen molar-refractivity contribution in [2.45, 2.75) is 38.8 Å². The lowest BCUT2D eigenvalue weighted by atomic mass is 9.96. The van der Waals surface area contributed by atoms with Crippen molar-refractivity contribution in [3.63, 3.8) is 0 Å². The monoisotopic (exact) mass is 580 g/mol. The highest BCUT2D eigenvalue weighted by Crippen LogP contribution is 2.40. The highest BCUT2D eigenvalue weighted by molar-refractivity contribution is 7.93. The average Bonchev–Trinajstić information content (AvgIpc) is 3.17. The van der Waals surface area contributed by atoms with Crippen LogP contribution in [0.4, 0.5) is 31.3 Å². The number of likely N-dealkylation sites (tertiary alicyclic amines) is 1. The van der Waals surface area contributed by atoms with E-state index in [9.17, 15) is 34.8 Å². The molecule has 2 aromatic carbocycles. The fourth-order valence-electron chi connectivity index (χ4n) is 4.50. The van der Waals surface area contributed by atoms with E-state index in [0.717, 1.165) is 27.8 Å². The Balaban J connectivity index is 1.56. The first-order chi connectivity index (χ1) is 17.7. The maximum Gasteiger partial charge on any atom is 0.573 e. The van der Waals surface area contributed by atoms with E-state index < -0.39 is 34.2 Å². The molecular weight excluding hydrogens is 554 g/mol. The number of sulfonamides is 1. The van der Waals surface area contributed by atoms with Gasteiger partial charge >= 0.3 is 12.5 Å². The van der Waals surface area contributed by atoms with Gasteiger partial charge in [-0.15, -0.1) is 24.5 Å². The first kappa shape index (κ1) is 28.5. The van der Waals surface area contributed by atoms with E-state index in [1.165, 1.54) is 27.8 Å². The molecule has 0 amide bonds. The van der Waals surface area contributed by atoms with Gasteiger partial charge in [0.15, 0.2) is 0 Å². The summed E-state index contributed by atoms with van der Waals surface area (Å²) in [5.41, 5.74) is 1.20. The van der Waals surface area contributed by atoms with Crippen molar-refractivity contribution in [1.29, 1.82) is 0 Å². The largest absolute Gasteiger partial charge is 0.573 e. The summed E-state index contributed by atoms with van der Waals surface area (Å²) in [5.74, 6) is -2.11. The summed E-state index contributed by atoms with van der Waals surface area (Å²) in [6, 6.07) is 12.4. The van der Waals surface area contributed by atoms with Crippen molar-refractivity contribution < 1.29 is 39.5 Å². The van der Waals surface area contributed by atoms with Crippen molar-refractivity contribution >= 4 is 36.4 Å². The average molecular weight is 581 g/mol. The maximum absolute atomic E-state index is 13.6. The predicted octanol–water partition coefficient (Wildman–Crippen LogP) is 6.72. The van der Waals surface area contributed by atoms with E-state index in [4.69, 9.17) is 0 Å². The number of piperidine rings is 1. The molecule has 1 saturated heterocycles. The van der Waals surface area contributed by atoms with Crippen LogP contribution in [0, 0.1) is 12.8 Å². The van der Waals surface area contributed by atoms with E-state index in [1.54, 1.807) is 11.8 Å². The summed E-state index contributed by atoms with van der Waals surface area (Å²) in [6.07, 6.45) is -9.25. The number of halogens is 6. The van der Waals surface area contributed by atoms with E-state index in [0.29, 0.717) is 10.6 Å². The highest BCUT2D eigenvalue weighted by Gasteiger charge is 2.41. The zero-order chi connectivity index (χ0) is 27.7. The van der Waals surface area contributed by atoms with Crippen LogP contribution < -0.4 is 9.04 Å². The fourth-order valence-corrected chi connectivity index (χ4v) is 7.51. The number of hydrogen-bond acceptors (Lipinski definition) is 5. The lowest BCUT2D eigenvalue weighted by Gasteiger charge is -2.33. The number of hydrogen-bond donors (Lipinski definition) is 0. The number of ether oxygens (including phenoxy) is 1. The first-order valence-corrected chi connectivity index (χ1v) is 14.3. The lowest BCUT2D eigenvalue weighted by molar-refractivity contribution is -0.274. The molecule has 208 valence electrons. The van der Waals surface area contributed by atoms with E-state index in [-0.39, 0.29) is 44.8 Å². The molecule has 1 aromatic heterocycles. The molecule has 1 aliphatic heterocycles. The van der Waals surface area contributed by atoms with Crippen LogP contribution in [0.3, 0.4) is 0 Å². The van der Waals surface area contributed by atoms with Crippen LogP contribution in [0.25, 0.3) is 10.1 Å².